The summed E-state index contributed by atoms with van der Waals surface area (Å²) in [6.45, 7) is 2.72. The molecular formula is C24H30N2O3S+2. The zero-order valence-corrected chi connectivity index (χ0v) is 18.1. The van der Waals surface area contributed by atoms with Crippen LogP contribution >= 0.6 is 11.3 Å². The normalized spacial score (nSPS) is 19.1. The summed E-state index contributed by atoms with van der Waals surface area (Å²) >= 11 is 1.69. The Hall–Kier alpha value is -2.25. The van der Waals surface area contributed by atoms with E-state index in [1.165, 1.54) is 15.6 Å². The van der Waals surface area contributed by atoms with Gasteiger partial charge in [0.2, 0.25) is 0 Å². The number of quaternary nitrogens is 1. The first-order chi connectivity index (χ1) is 14.6. The van der Waals surface area contributed by atoms with Crippen LogP contribution in [0.15, 0.2) is 60.0 Å². The minimum absolute atomic E-state index is 0.0754. The molecule has 0 spiro atoms. The second-order valence-electron chi connectivity index (χ2n) is 8.06. The van der Waals surface area contributed by atoms with Gasteiger partial charge in [0.05, 0.1) is 19.2 Å². The number of carbonyl (C=O) groups excluding carboxylic acids is 1. The summed E-state index contributed by atoms with van der Waals surface area (Å²) in [6.07, 6.45) is 1.49. The number of aromatic hydroxyl groups is 1. The van der Waals surface area contributed by atoms with E-state index in [2.05, 4.69) is 45.3 Å². The van der Waals surface area contributed by atoms with E-state index < -0.39 is 0 Å². The van der Waals surface area contributed by atoms with Crippen molar-refractivity contribution in [1.82, 2.24) is 4.90 Å². The second-order valence-corrected chi connectivity index (χ2v) is 9.01. The molecule has 0 aliphatic carbocycles. The van der Waals surface area contributed by atoms with Gasteiger partial charge >= 0.3 is 5.91 Å². The molecule has 2 unspecified atom stereocenters. The number of hydrogen-bond donors (Lipinski definition) is 2. The molecule has 2 heterocycles. The van der Waals surface area contributed by atoms with E-state index in [1.807, 2.05) is 31.3 Å². The van der Waals surface area contributed by atoms with E-state index in [0.717, 1.165) is 43.1 Å². The molecule has 6 heteroatoms. The fourth-order valence-corrected chi connectivity index (χ4v) is 4.99. The summed E-state index contributed by atoms with van der Waals surface area (Å²) in [5.41, 5.74) is 1.17. The summed E-state index contributed by atoms with van der Waals surface area (Å²) in [7, 11) is 1.96. The molecular weight excluding hydrogens is 396 g/mol. The number of aliphatic hydroxyl groups is 2. The third kappa shape index (κ3) is 5.08. The van der Waals surface area contributed by atoms with Gasteiger partial charge in [0, 0.05) is 42.4 Å². The first-order valence-electron chi connectivity index (χ1n) is 10.6. The lowest BCUT2D eigenvalue weighted by Crippen LogP contribution is -3.12. The molecule has 0 bridgehead atoms. The molecule has 1 aromatic heterocycles. The number of rotatable bonds is 8. The van der Waals surface area contributed by atoms with Crippen LogP contribution < -0.4 is 4.90 Å². The summed E-state index contributed by atoms with van der Waals surface area (Å²) in [5, 5.41) is 13.1. The molecule has 0 radical (unpaired) electrons. The van der Waals surface area contributed by atoms with Crippen molar-refractivity contribution in [3.63, 3.8) is 0 Å². The van der Waals surface area contributed by atoms with E-state index in [9.17, 15) is 9.90 Å². The molecule has 30 heavy (non-hydrogen) atoms. The maximum Gasteiger partial charge on any atom is 0.400 e. The van der Waals surface area contributed by atoms with Gasteiger partial charge in [0.25, 0.3) is 12.4 Å². The van der Waals surface area contributed by atoms with Gasteiger partial charge < -0.3 is 14.7 Å². The van der Waals surface area contributed by atoms with Gasteiger partial charge in [-0.3, -0.25) is 4.90 Å². The van der Waals surface area contributed by atoms with Crippen molar-refractivity contribution in [1.29, 1.82) is 0 Å². The third-order valence-corrected chi connectivity index (χ3v) is 6.87. The average Bonchev–Trinajstić information content (AvgIpc) is 3.41. The van der Waals surface area contributed by atoms with Crippen LogP contribution in [0.3, 0.4) is 0 Å². The van der Waals surface area contributed by atoms with Crippen LogP contribution in [0.5, 0.6) is 5.75 Å². The number of β-amino-alcohol motifs (C(OH)–C–C–N with tert-alkyl or cyclic N) is 1. The highest BCUT2D eigenvalue weighted by atomic mass is 32.1. The maximum atomic E-state index is 13.0. The lowest BCUT2D eigenvalue weighted by Gasteiger charge is -2.25. The van der Waals surface area contributed by atoms with Crippen molar-refractivity contribution in [3.8, 4) is 5.75 Å². The Morgan fingerprint density at radius 3 is 2.87 bits per heavy atom. The van der Waals surface area contributed by atoms with Crippen LogP contribution in [-0.4, -0.2) is 60.0 Å². The van der Waals surface area contributed by atoms with E-state index in [-0.39, 0.29) is 24.7 Å². The number of nitrogens with one attached hydrogen (secondary N) is 1. The third-order valence-electron chi connectivity index (χ3n) is 5.99. The number of likely N-dealkylation sites (N-methyl/N-ethyl adjacent to an activating group) is 1. The zero-order chi connectivity index (χ0) is 20.9. The topological polar surface area (TPSA) is 57.8 Å². The number of likely N-dealkylation sites (tertiary alicyclic amines) is 1. The van der Waals surface area contributed by atoms with E-state index in [1.54, 1.807) is 11.3 Å². The molecule has 1 aliphatic heterocycles. The van der Waals surface area contributed by atoms with Crippen LogP contribution in [0, 0.1) is 0 Å². The number of ether oxygens (including phenoxy) is 1. The van der Waals surface area contributed by atoms with Gasteiger partial charge in [-0.15, -0.1) is 11.3 Å². The summed E-state index contributed by atoms with van der Waals surface area (Å²) < 4.78 is 5.77. The first-order valence-corrected chi connectivity index (χ1v) is 11.4. The zero-order valence-electron chi connectivity index (χ0n) is 17.3. The molecule has 3 atom stereocenters. The van der Waals surface area contributed by atoms with Gasteiger partial charge in [0.15, 0.2) is 0 Å². The minimum Gasteiger partial charge on any atom is -0.573 e. The number of nitrogens with zero attached hydrogens (tertiary/aromatic N) is 1. The standard InChI is InChI=1S/C24H28N2O3S/c1-25(24(28)17-29-21-8-7-19-11-14-30-23(19)15-21)22(18-5-3-2-4-6-18)10-13-26-12-9-20(27)16-26/h2-8,11,14-15,20,22,27H,9-10,12-13,16-17H2,1H3/p+2/t20-,22?/m0/s1. The summed E-state index contributed by atoms with van der Waals surface area (Å²) in [4.78, 5) is 16.2. The molecule has 2 aromatic carbocycles. The molecule has 1 aliphatic rings. The Labute approximate surface area is 181 Å². The fraction of sp³-hybridized carbons (Fsp3) is 0.375. The molecule has 1 saturated heterocycles. The van der Waals surface area contributed by atoms with Crippen LogP contribution in [-0.2, 0) is 4.79 Å². The fourth-order valence-electron chi connectivity index (χ4n) is 4.17. The van der Waals surface area contributed by atoms with E-state index in [0.29, 0.717) is 0 Å². The van der Waals surface area contributed by atoms with Crippen molar-refractivity contribution in [2.45, 2.75) is 25.0 Å². The summed E-state index contributed by atoms with van der Waals surface area (Å²) in [5.74, 6) is 0.949. The molecule has 1 amide bonds. The predicted octanol–water partition coefficient (Wildman–Crippen LogP) is 2.38. The van der Waals surface area contributed by atoms with E-state index in [4.69, 9.17) is 0 Å². The largest absolute Gasteiger partial charge is 0.573 e. The Balaban J connectivity index is 1.40. The average molecular weight is 427 g/mol. The van der Waals surface area contributed by atoms with Gasteiger partial charge in [-0.05, 0) is 29.3 Å². The van der Waals surface area contributed by atoms with Gasteiger partial charge in [0.1, 0.15) is 6.04 Å². The number of thiophene rings is 1. The second kappa shape index (κ2) is 9.71. The lowest BCUT2D eigenvalue weighted by molar-refractivity contribution is -0.835. The smallest absolute Gasteiger partial charge is 0.400 e. The maximum absolute atomic E-state index is 13.0. The van der Waals surface area contributed by atoms with E-state index >= 15 is 0 Å². The Bertz CT molecular complexity index is 975. The molecule has 3 aromatic rings. The monoisotopic (exact) mass is 426 g/mol. The van der Waals surface area contributed by atoms with Gasteiger partial charge in [-0.1, -0.05) is 30.3 Å². The molecule has 3 N–H and O–H groups in total. The highest BCUT2D eigenvalue weighted by Crippen LogP contribution is 2.25. The quantitative estimate of drug-likeness (QED) is 0.544. The Morgan fingerprint density at radius 2 is 2.10 bits per heavy atom. The van der Waals surface area contributed by atoms with Crippen LogP contribution in [0.4, 0.5) is 0 Å². The molecule has 1 fully saturated rings. The van der Waals surface area contributed by atoms with Crippen molar-refractivity contribution < 1.29 is 19.5 Å². The molecule has 0 saturated carbocycles. The number of aliphatic hydroxyl groups excluding tert-OH is 1. The van der Waals surface area contributed by atoms with Gasteiger partial charge in [-0.2, -0.15) is 0 Å². The van der Waals surface area contributed by atoms with Crippen molar-refractivity contribution in [2.24, 2.45) is 0 Å². The first kappa shape index (κ1) is 21.0. The molecule has 5 nitrogen and oxygen atoms in total. The van der Waals surface area contributed by atoms with Crippen LogP contribution in [0.25, 0.3) is 10.1 Å². The SMILES string of the molecule is C[NH+](C(=O)C[OH+]c1ccc2ccsc2c1)C(CCN1CC[C@H](O)C1)c1ccccc1. The number of amides is 1. The lowest BCUT2D eigenvalue weighted by atomic mass is 10.0. The van der Waals surface area contributed by atoms with Crippen molar-refractivity contribution >= 4 is 27.3 Å². The Morgan fingerprint density at radius 1 is 1.27 bits per heavy atom. The highest BCUT2D eigenvalue weighted by molar-refractivity contribution is 7.17. The minimum atomic E-state index is -0.216. The van der Waals surface area contributed by atoms with Crippen molar-refractivity contribution in [2.75, 3.05) is 33.3 Å². The van der Waals surface area contributed by atoms with Crippen LogP contribution in [0.1, 0.15) is 24.4 Å². The number of carbonyl (C=O) groups is 1. The van der Waals surface area contributed by atoms with Gasteiger partial charge in [-0.25, -0.2) is 4.79 Å². The van der Waals surface area contributed by atoms with Crippen LogP contribution in [0.2, 0.25) is 0 Å². The number of hydrogen-bond acceptors (Lipinski definition) is 4. The van der Waals surface area contributed by atoms with Crippen molar-refractivity contribution in [3.05, 3.63) is 65.5 Å². The number of fused-ring (bicyclic) bond motifs is 1. The highest BCUT2D eigenvalue weighted by Gasteiger charge is 2.30. The predicted molar refractivity (Wildman–Crippen MR) is 121 cm³/mol. The number of benzene rings is 2. The molecule has 4 rings (SSSR count). The Kier molecular flexibility index (Phi) is 6.79. The molecule has 158 valence electrons. The summed E-state index contributed by atoms with van der Waals surface area (Å²) in [6, 6.07) is 18.5.